The zero-order chi connectivity index (χ0) is 16.1. The third-order valence-electron chi connectivity index (χ3n) is 3.29. The second-order valence-electron chi connectivity index (χ2n) is 5.01. The van der Waals surface area contributed by atoms with Crippen molar-refractivity contribution in [1.82, 2.24) is 10.2 Å². The van der Waals surface area contributed by atoms with E-state index in [1.807, 2.05) is 36.5 Å². The van der Waals surface area contributed by atoms with Gasteiger partial charge in [0.2, 0.25) is 0 Å². The number of non-ortho nitro benzene ring substituents is 1. The number of carbonyl (C=O) groups excluding carboxylic acids is 1. The Balaban J connectivity index is 2.00. The van der Waals surface area contributed by atoms with Gasteiger partial charge in [0.15, 0.2) is 0 Å². The van der Waals surface area contributed by atoms with Gasteiger partial charge in [0, 0.05) is 29.1 Å². The number of hydrogen-bond acceptors (Lipinski definition) is 5. The van der Waals surface area contributed by atoms with Gasteiger partial charge in [-0.25, -0.2) is 0 Å². The smallest absolute Gasteiger partial charge is 0.269 e. The number of thiophene rings is 1. The van der Waals surface area contributed by atoms with Gasteiger partial charge in [-0.3, -0.25) is 14.9 Å². The van der Waals surface area contributed by atoms with Gasteiger partial charge in [0.25, 0.3) is 11.6 Å². The van der Waals surface area contributed by atoms with Crippen LogP contribution in [0.3, 0.4) is 0 Å². The summed E-state index contributed by atoms with van der Waals surface area (Å²) in [5.74, 6) is -0.238. The topological polar surface area (TPSA) is 75.5 Å². The summed E-state index contributed by atoms with van der Waals surface area (Å²) in [5.41, 5.74) is 0.385. The number of hydrogen-bond donors (Lipinski definition) is 1. The largest absolute Gasteiger partial charge is 0.350 e. The Hall–Kier alpha value is -2.25. The molecule has 1 aromatic carbocycles. The number of likely N-dealkylation sites (N-methyl/N-ethyl adjacent to an activating group) is 1. The maximum absolute atomic E-state index is 12.1. The normalized spacial score (nSPS) is 12.1. The van der Waals surface area contributed by atoms with Gasteiger partial charge >= 0.3 is 0 Å². The lowest BCUT2D eigenvalue weighted by atomic mass is 10.1. The first-order valence-electron chi connectivity index (χ1n) is 6.71. The summed E-state index contributed by atoms with van der Waals surface area (Å²) in [6.07, 6.45) is 0. The lowest BCUT2D eigenvalue weighted by molar-refractivity contribution is -0.384. The number of amides is 1. The van der Waals surface area contributed by atoms with Crippen LogP contribution >= 0.6 is 11.3 Å². The molecule has 1 N–H and O–H groups in total. The number of rotatable bonds is 6. The van der Waals surface area contributed by atoms with Crippen LogP contribution in [0.15, 0.2) is 41.8 Å². The highest BCUT2D eigenvalue weighted by atomic mass is 32.1. The zero-order valence-electron chi connectivity index (χ0n) is 12.4. The molecule has 0 saturated carbocycles. The summed E-state index contributed by atoms with van der Waals surface area (Å²) in [5, 5.41) is 15.5. The summed E-state index contributed by atoms with van der Waals surface area (Å²) in [6.45, 7) is 0.476. The first-order valence-corrected chi connectivity index (χ1v) is 7.59. The Bertz CT molecular complexity index is 639. The molecule has 2 rings (SSSR count). The van der Waals surface area contributed by atoms with E-state index >= 15 is 0 Å². The van der Waals surface area contributed by atoms with E-state index in [0.29, 0.717) is 12.1 Å². The van der Waals surface area contributed by atoms with Crippen LogP contribution in [0.4, 0.5) is 5.69 Å². The molecule has 0 aliphatic heterocycles. The Morgan fingerprint density at radius 3 is 2.50 bits per heavy atom. The predicted molar refractivity (Wildman–Crippen MR) is 86.2 cm³/mol. The fraction of sp³-hybridized carbons (Fsp3) is 0.267. The summed E-state index contributed by atoms with van der Waals surface area (Å²) >= 11 is 1.64. The minimum Gasteiger partial charge on any atom is -0.350 e. The molecule has 7 heteroatoms. The van der Waals surface area contributed by atoms with Gasteiger partial charge in [-0.15, -0.1) is 11.3 Å². The molecule has 0 unspecified atom stereocenters. The van der Waals surface area contributed by atoms with E-state index in [-0.39, 0.29) is 17.6 Å². The molecule has 22 heavy (non-hydrogen) atoms. The lowest BCUT2D eigenvalue weighted by Crippen LogP contribution is -2.34. The number of nitro benzene ring substituents is 1. The van der Waals surface area contributed by atoms with Gasteiger partial charge in [-0.05, 0) is 37.7 Å². The van der Waals surface area contributed by atoms with E-state index in [1.54, 1.807) is 11.3 Å². The monoisotopic (exact) mass is 319 g/mol. The summed E-state index contributed by atoms with van der Waals surface area (Å²) < 4.78 is 0. The van der Waals surface area contributed by atoms with Gasteiger partial charge < -0.3 is 10.2 Å². The van der Waals surface area contributed by atoms with Crippen molar-refractivity contribution in [3.8, 4) is 0 Å². The van der Waals surface area contributed by atoms with E-state index in [1.165, 1.54) is 29.1 Å². The molecule has 0 radical (unpaired) electrons. The number of nitrogens with one attached hydrogen (secondary N) is 1. The third-order valence-corrected chi connectivity index (χ3v) is 4.26. The van der Waals surface area contributed by atoms with Gasteiger partial charge in [-0.2, -0.15) is 0 Å². The van der Waals surface area contributed by atoms with Crippen LogP contribution < -0.4 is 5.32 Å². The standard InChI is InChI=1S/C15H17N3O3S/c1-17(2)13(14-4-3-9-22-14)10-16-15(19)11-5-7-12(8-6-11)18(20)21/h3-9,13H,10H2,1-2H3,(H,16,19)/t13-/m1/s1. The molecule has 0 aliphatic rings. The van der Waals surface area contributed by atoms with Crippen molar-refractivity contribution in [3.63, 3.8) is 0 Å². The van der Waals surface area contributed by atoms with Crippen LogP contribution in [-0.2, 0) is 0 Å². The molecular formula is C15H17N3O3S. The molecule has 1 aromatic heterocycles. The molecule has 1 amide bonds. The molecule has 0 saturated heterocycles. The zero-order valence-corrected chi connectivity index (χ0v) is 13.2. The maximum atomic E-state index is 12.1. The number of carbonyl (C=O) groups is 1. The van der Waals surface area contributed by atoms with Crippen LogP contribution in [0.25, 0.3) is 0 Å². The van der Waals surface area contributed by atoms with Crippen molar-refractivity contribution in [2.45, 2.75) is 6.04 Å². The lowest BCUT2D eigenvalue weighted by Gasteiger charge is -2.23. The van der Waals surface area contributed by atoms with Crippen LogP contribution in [-0.4, -0.2) is 36.4 Å². The van der Waals surface area contributed by atoms with Crippen LogP contribution in [0.2, 0.25) is 0 Å². The Morgan fingerprint density at radius 1 is 1.32 bits per heavy atom. The van der Waals surface area contributed by atoms with Crippen molar-refractivity contribution in [1.29, 1.82) is 0 Å². The van der Waals surface area contributed by atoms with Gasteiger partial charge in [-0.1, -0.05) is 6.07 Å². The van der Waals surface area contributed by atoms with Crippen LogP contribution in [0.1, 0.15) is 21.3 Å². The first-order chi connectivity index (χ1) is 10.5. The molecule has 1 atom stereocenters. The van der Waals surface area contributed by atoms with Crippen molar-refractivity contribution in [2.75, 3.05) is 20.6 Å². The first kappa shape index (κ1) is 16.1. The fourth-order valence-electron chi connectivity index (χ4n) is 2.04. The Labute approximate surface area is 132 Å². The molecule has 2 aromatic rings. The van der Waals surface area contributed by atoms with Gasteiger partial charge in [0.05, 0.1) is 11.0 Å². The molecular weight excluding hydrogens is 302 g/mol. The molecule has 0 spiro atoms. The Kier molecular flexibility index (Phi) is 5.24. The van der Waals surface area contributed by atoms with Crippen molar-refractivity contribution < 1.29 is 9.72 Å². The number of nitro groups is 1. The highest BCUT2D eigenvalue weighted by molar-refractivity contribution is 7.10. The summed E-state index contributed by atoms with van der Waals surface area (Å²) in [7, 11) is 3.92. The van der Waals surface area contributed by atoms with Crippen molar-refractivity contribution >= 4 is 22.9 Å². The fourth-order valence-corrected chi connectivity index (χ4v) is 2.97. The second-order valence-corrected chi connectivity index (χ2v) is 5.99. The minimum absolute atomic E-state index is 0.0266. The number of nitrogens with zero attached hydrogens (tertiary/aromatic N) is 2. The Morgan fingerprint density at radius 2 is 2.00 bits per heavy atom. The molecule has 0 aliphatic carbocycles. The predicted octanol–water partition coefficient (Wildman–Crippen LogP) is 2.69. The molecule has 0 bridgehead atoms. The highest BCUT2D eigenvalue weighted by Crippen LogP contribution is 2.22. The maximum Gasteiger partial charge on any atom is 0.269 e. The second kappa shape index (κ2) is 7.15. The van der Waals surface area contributed by atoms with Crippen LogP contribution in [0.5, 0.6) is 0 Å². The van der Waals surface area contributed by atoms with Gasteiger partial charge in [0.1, 0.15) is 0 Å². The van der Waals surface area contributed by atoms with Crippen molar-refractivity contribution in [2.24, 2.45) is 0 Å². The quantitative estimate of drug-likeness (QED) is 0.656. The number of benzene rings is 1. The SMILES string of the molecule is CN(C)[C@H](CNC(=O)c1ccc([N+](=O)[O-])cc1)c1cccs1. The molecule has 116 valence electrons. The average molecular weight is 319 g/mol. The summed E-state index contributed by atoms with van der Waals surface area (Å²) in [4.78, 5) is 25.5. The van der Waals surface area contributed by atoms with E-state index in [0.717, 1.165) is 0 Å². The van der Waals surface area contributed by atoms with Crippen LogP contribution in [0, 0.1) is 10.1 Å². The molecule has 0 fully saturated rings. The summed E-state index contributed by atoms with van der Waals surface area (Å²) in [6, 6.07) is 9.70. The average Bonchev–Trinajstić information content (AvgIpc) is 3.01. The van der Waals surface area contributed by atoms with E-state index in [2.05, 4.69) is 5.32 Å². The minimum atomic E-state index is -0.486. The third kappa shape index (κ3) is 3.90. The van der Waals surface area contributed by atoms with Crippen molar-refractivity contribution in [3.05, 3.63) is 62.3 Å². The molecule has 1 heterocycles. The molecule has 6 nitrogen and oxygen atoms in total. The van der Waals surface area contributed by atoms with E-state index in [4.69, 9.17) is 0 Å². The van der Waals surface area contributed by atoms with E-state index < -0.39 is 4.92 Å². The highest BCUT2D eigenvalue weighted by Gasteiger charge is 2.17. The van der Waals surface area contributed by atoms with E-state index in [9.17, 15) is 14.9 Å².